The fourth-order valence-electron chi connectivity index (χ4n) is 2.02. The number of hydrogen-bond donors (Lipinski definition) is 2. The fourth-order valence-corrected chi connectivity index (χ4v) is 2.13. The minimum atomic E-state index is 0.164. The second kappa shape index (κ2) is 6.43. The van der Waals surface area contributed by atoms with Crippen molar-refractivity contribution in [2.45, 2.75) is 26.3 Å². The molecule has 0 aliphatic carbocycles. The number of rotatable bonds is 5. The lowest BCUT2D eigenvalue weighted by atomic mass is 10.1. The maximum atomic E-state index is 5.64. The molecule has 20 heavy (non-hydrogen) atoms. The number of hydrogen-bond acceptors (Lipinski definition) is 4. The summed E-state index contributed by atoms with van der Waals surface area (Å²) in [6.45, 7) is 4.02. The van der Waals surface area contributed by atoms with Crippen LogP contribution in [-0.2, 0) is 0 Å². The summed E-state index contributed by atoms with van der Waals surface area (Å²) >= 11 is 4.98. The molecular formula is C15H18N4S. The number of aromatic nitrogens is 2. The zero-order valence-electron chi connectivity index (χ0n) is 11.6. The quantitative estimate of drug-likeness (QED) is 0.827. The molecule has 0 radical (unpaired) electrons. The van der Waals surface area contributed by atoms with Crippen molar-refractivity contribution in [1.82, 2.24) is 9.97 Å². The average molecular weight is 286 g/mol. The number of thiocarbonyl (C=S) groups is 1. The first kappa shape index (κ1) is 14.4. The van der Waals surface area contributed by atoms with Gasteiger partial charge in [-0.3, -0.25) is 0 Å². The number of nitrogens with two attached hydrogens (primary N) is 1. The van der Waals surface area contributed by atoms with Gasteiger partial charge >= 0.3 is 0 Å². The van der Waals surface area contributed by atoms with Crippen LogP contribution in [0.5, 0.6) is 0 Å². The molecule has 3 N–H and O–H groups in total. The van der Waals surface area contributed by atoms with Gasteiger partial charge in [0.15, 0.2) is 0 Å². The molecule has 4 nitrogen and oxygen atoms in total. The first-order valence-corrected chi connectivity index (χ1v) is 6.98. The van der Waals surface area contributed by atoms with Crippen LogP contribution in [0.1, 0.15) is 36.3 Å². The topological polar surface area (TPSA) is 63.8 Å². The summed E-state index contributed by atoms with van der Waals surface area (Å²) < 4.78 is 0. The zero-order chi connectivity index (χ0) is 14.5. The van der Waals surface area contributed by atoms with Crippen LogP contribution in [-0.4, -0.2) is 15.0 Å². The molecule has 0 aliphatic rings. The Kier molecular flexibility index (Phi) is 4.63. The standard InChI is InChI=1S/C15H18N4S/c1-3-12(11-7-5-4-6-8-11)18-15-17-10(2)9-13(19-15)14(16)20/h4-9,12H,3H2,1-2H3,(H2,16,20)(H,17,18,19). The molecule has 0 saturated carbocycles. The van der Waals surface area contributed by atoms with E-state index in [-0.39, 0.29) is 11.0 Å². The number of benzene rings is 1. The molecule has 1 unspecified atom stereocenters. The lowest BCUT2D eigenvalue weighted by Crippen LogP contribution is -2.17. The SMILES string of the molecule is CCC(Nc1nc(C)cc(C(N)=S)n1)c1ccccc1. The van der Waals surface area contributed by atoms with Crippen LogP contribution in [0, 0.1) is 6.92 Å². The van der Waals surface area contributed by atoms with Crippen molar-refractivity contribution in [3.63, 3.8) is 0 Å². The summed E-state index contributed by atoms with van der Waals surface area (Å²) in [4.78, 5) is 9.03. The Hall–Kier alpha value is -2.01. The minimum Gasteiger partial charge on any atom is -0.388 e. The van der Waals surface area contributed by atoms with Crippen LogP contribution in [0.2, 0.25) is 0 Å². The monoisotopic (exact) mass is 286 g/mol. The molecule has 0 saturated heterocycles. The molecule has 0 fully saturated rings. The highest BCUT2D eigenvalue weighted by molar-refractivity contribution is 7.80. The van der Waals surface area contributed by atoms with Crippen LogP contribution in [0.3, 0.4) is 0 Å². The lowest BCUT2D eigenvalue weighted by molar-refractivity contribution is 0.737. The third-order valence-corrected chi connectivity index (χ3v) is 3.23. The van der Waals surface area contributed by atoms with Crippen LogP contribution in [0.25, 0.3) is 0 Å². The highest BCUT2D eigenvalue weighted by Crippen LogP contribution is 2.20. The van der Waals surface area contributed by atoms with Gasteiger partial charge in [0.1, 0.15) is 10.7 Å². The fraction of sp³-hybridized carbons (Fsp3) is 0.267. The van der Waals surface area contributed by atoms with E-state index in [1.165, 1.54) is 5.56 Å². The molecule has 2 aromatic rings. The van der Waals surface area contributed by atoms with Gasteiger partial charge in [-0.05, 0) is 25.0 Å². The molecule has 1 heterocycles. The Labute approximate surface area is 124 Å². The van der Waals surface area contributed by atoms with E-state index in [4.69, 9.17) is 18.0 Å². The van der Waals surface area contributed by atoms with Gasteiger partial charge in [-0.15, -0.1) is 0 Å². The van der Waals surface area contributed by atoms with Gasteiger partial charge in [0, 0.05) is 5.69 Å². The summed E-state index contributed by atoms with van der Waals surface area (Å²) in [6.07, 6.45) is 0.934. The second-order valence-corrected chi connectivity index (χ2v) is 5.04. The molecule has 104 valence electrons. The zero-order valence-corrected chi connectivity index (χ0v) is 12.4. The minimum absolute atomic E-state index is 0.164. The van der Waals surface area contributed by atoms with E-state index in [1.807, 2.05) is 25.1 Å². The summed E-state index contributed by atoms with van der Waals surface area (Å²) in [7, 11) is 0. The van der Waals surface area contributed by atoms with Crippen LogP contribution in [0.4, 0.5) is 5.95 Å². The number of aryl methyl sites for hydroxylation is 1. The van der Waals surface area contributed by atoms with Gasteiger partial charge in [-0.1, -0.05) is 49.5 Å². The third-order valence-electron chi connectivity index (χ3n) is 3.02. The van der Waals surface area contributed by atoms with Crippen molar-refractivity contribution in [3.8, 4) is 0 Å². The van der Waals surface area contributed by atoms with Gasteiger partial charge in [-0.25, -0.2) is 9.97 Å². The Bertz CT molecular complexity index is 598. The largest absolute Gasteiger partial charge is 0.388 e. The highest BCUT2D eigenvalue weighted by atomic mass is 32.1. The van der Waals surface area contributed by atoms with E-state index in [1.54, 1.807) is 6.07 Å². The molecule has 5 heteroatoms. The molecule has 0 spiro atoms. The Morgan fingerprint density at radius 1 is 1.30 bits per heavy atom. The van der Waals surface area contributed by atoms with E-state index in [2.05, 4.69) is 34.3 Å². The van der Waals surface area contributed by atoms with Crippen molar-refractivity contribution < 1.29 is 0 Å². The molecule has 1 atom stereocenters. The van der Waals surface area contributed by atoms with Crippen LogP contribution >= 0.6 is 12.2 Å². The van der Waals surface area contributed by atoms with Gasteiger partial charge in [-0.2, -0.15) is 0 Å². The first-order valence-electron chi connectivity index (χ1n) is 6.57. The molecule has 1 aromatic carbocycles. The average Bonchev–Trinajstić information content (AvgIpc) is 2.45. The lowest BCUT2D eigenvalue weighted by Gasteiger charge is -2.18. The van der Waals surface area contributed by atoms with Gasteiger partial charge in [0.05, 0.1) is 6.04 Å². The Balaban J connectivity index is 2.26. The maximum Gasteiger partial charge on any atom is 0.224 e. The molecule has 2 rings (SSSR count). The summed E-state index contributed by atoms with van der Waals surface area (Å²) in [5.41, 5.74) is 8.28. The van der Waals surface area contributed by atoms with Crippen LogP contribution < -0.4 is 11.1 Å². The van der Waals surface area contributed by atoms with E-state index < -0.39 is 0 Å². The molecule has 0 amide bonds. The summed E-state index contributed by atoms with van der Waals surface area (Å²) in [5, 5.41) is 3.34. The normalized spacial score (nSPS) is 11.9. The van der Waals surface area contributed by atoms with E-state index in [9.17, 15) is 0 Å². The van der Waals surface area contributed by atoms with Crippen molar-refractivity contribution >= 4 is 23.2 Å². The third kappa shape index (κ3) is 3.51. The summed E-state index contributed by atoms with van der Waals surface area (Å²) in [5.74, 6) is 0.559. The van der Waals surface area contributed by atoms with Crippen molar-refractivity contribution in [3.05, 3.63) is 53.3 Å². The van der Waals surface area contributed by atoms with Gasteiger partial charge in [0.2, 0.25) is 5.95 Å². The van der Waals surface area contributed by atoms with Crippen molar-refractivity contribution in [2.24, 2.45) is 5.73 Å². The van der Waals surface area contributed by atoms with Crippen molar-refractivity contribution in [2.75, 3.05) is 5.32 Å². The second-order valence-electron chi connectivity index (χ2n) is 4.60. The Morgan fingerprint density at radius 3 is 2.60 bits per heavy atom. The number of nitrogens with one attached hydrogen (secondary N) is 1. The molecule has 0 aliphatic heterocycles. The molecular weight excluding hydrogens is 268 g/mol. The van der Waals surface area contributed by atoms with E-state index >= 15 is 0 Å². The number of nitrogens with zero attached hydrogens (tertiary/aromatic N) is 2. The molecule has 0 bridgehead atoms. The predicted molar refractivity (Wildman–Crippen MR) is 85.8 cm³/mol. The van der Waals surface area contributed by atoms with E-state index in [0.717, 1.165) is 12.1 Å². The predicted octanol–water partition coefficient (Wildman–Crippen LogP) is 2.98. The first-order chi connectivity index (χ1) is 9.60. The van der Waals surface area contributed by atoms with Gasteiger partial charge < -0.3 is 11.1 Å². The van der Waals surface area contributed by atoms with Crippen molar-refractivity contribution in [1.29, 1.82) is 0 Å². The van der Waals surface area contributed by atoms with Gasteiger partial charge in [0.25, 0.3) is 0 Å². The summed E-state index contributed by atoms with van der Waals surface area (Å²) in [6, 6.07) is 12.2. The molecule has 1 aromatic heterocycles. The smallest absolute Gasteiger partial charge is 0.224 e. The highest BCUT2D eigenvalue weighted by Gasteiger charge is 2.11. The van der Waals surface area contributed by atoms with E-state index in [0.29, 0.717) is 11.6 Å². The van der Waals surface area contributed by atoms with Crippen LogP contribution in [0.15, 0.2) is 36.4 Å². The Morgan fingerprint density at radius 2 is 2.00 bits per heavy atom. The maximum absolute atomic E-state index is 5.64. The number of anilines is 1.